The van der Waals surface area contributed by atoms with E-state index < -0.39 is 11.8 Å². The largest absolute Gasteiger partial charge is 0.349 e. The predicted molar refractivity (Wildman–Crippen MR) is 40.2 cm³/mol. The van der Waals surface area contributed by atoms with Gasteiger partial charge in [0, 0.05) is 0 Å². The van der Waals surface area contributed by atoms with E-state index in [-0.39, 0.29) is 10.8 Å². The molecule has 0 heterocycles. The van der Waals surface area contributed by atoms with Crippen molar-refractivity contribution in [3.63, 3.8) is 0 Å². The summed E-state index contributed by atoms with van der Waals surface area (Å²) in [5, 5.41) is 9.16. The molecule has 0 bridgehead atoms. The topological polar surface area (TPSA) is 66.6 Å². The van der Waals surface area contributed by atoms with Crippen LogP contribution < -0.4 is 10.8 Å². The molecule has 0 unspecified atom stereocenters. The van der Waals surface area contributed by atoms with E-state index in [1.807, 2.05) is 0 Å². The summed E-state index contributed by atoms with van der Waals surface area (Å²) in [7, 11) is 0. The van der Waals surface area contributed by atoms with Crippen LogP contribution in [0.25, 0.3) is 0 Å². The Labute approximate surface area is 68.0 Å². The minimum Gasteiger partial charge on any atom is -0.349 e. The SMILES string of the molecule is NC(=O)N(O)c1ccc(F)cc1. The summed E-state index contributed by atoms with van der Waals surface area (Å²) in [5.74, 6) is -0.448. The molecule has 3 N–H and O–H groups in total. The van der Waals surface area contributed by atoms with Crippen LogP contribution in [0.2, 0.25) is 0 Å². The first-order valence-electron chi connectivity index (χ1n) is 3.15. The molecule has 5 heteroatoms. The van der Waals surface area contributed by atoms with E-state index in [0.29, 0.717) is 0 Å². The number of hydrogen-bond acceptors (Lipinski definition) is 2. The first-order chi connectivity index (χ1) is 5.61. The number of nitrogens with two attached hydrogens (primary N) is 1. The number of nitrogens with zero attached hydrogens (tertiary/aromatic N) is 1. The van der Waals surface area contributed by atoms with Gasteiger partial charge < -0.3 is 5.73 Å². The molecule has 0 fully saturated rings. The van der Waals surface area contributed by atoms with E-state index in [9.17, 15) is 9.18 Å². The Hall–Kier alpha value is -1.62. The molecule has 1 aromatic rings. The molecule has 0 saturated heterocycles. The van der Waals surface area contributed by atoms with Crippen molar-refractivity contribution in [3.05, 3.63) is 30.1 Å². The Morgan fingerprint density at radius 1 is 1.42 bits per heavy atom. The third kappa shape index (κ3) is 1.70. The van der Waals surface area contributed by atoms with Gasteiger partial charge in [0.05, 0.1) is 5.69 Å². The molecule has 0 aliphatic carbocycles. The zero-order valence-electron chi connectivity index (χ0n) is 6.07. The van der Waals surface area contributed by atoms with Gasteiger partial charge in [0.1, 0.15) is 5.82 Å². The molecule has 4 nitrogen and oxygen atoms in total. The van der Waals surface area contributed by atoms with Crippen LogP contribution in [0.3, 0.4) is 0 Å². The van der Waals surface area contributed by atoms with Crippen LogP contribution in [0.15, 0.2) is 24.3 Å². The normalized spacial score (nSPS) is 9.50. The molecule has 2 amide bonds. The Morgan fingerprint density at radius 3 is 2.33 bits per heavy atom. The monoisotopic (exact) mass is 170 g/mol. The fourth-order valence-corrected chi connectivity index (χ4v) is 0.710. The molecule has 0 atom stereocenters. The van der Waals surface area contributed by atoms with E-state index in [0.717, 1.165) is 12.1 Å². The van der Waals surface area contributed by atoms with Crippen molar-refractivity contribution in [1.29, 1.82) is 0 Å². The molecule has 1 aromatic carbocycles. The zero-order chi connectivity index (χ0) is 9.14. The van der Waals surface area contributed by atoms with Crippen molar-refractivity contribution >= 4 is 11.7 Å². The second kappa shape index (κ2) is 3.19. The number of rotatable bonds is 1. The number of hydrogen-bond donors (Lipinski definition) is 2. The highest BCUT2D eigenvalue weighted by Gasteiger charge is 2.07. The Balaban J connectivity index is 2.89. The summed E-state index contributed by atoms with van der Waals surface area (Å²) in [4.78, 5) is 10.4. The molecular formula is C7H7FN2O2. The second-order valence-corrected chi connectivity index (χ2v) is 2.13. The van der Waals surface area contributed by atoms with Gasteiger partial charge in [0.25, 0.3) is 0 Å². The fourth-order valence-electron chi connectivity index (χ4n) is 0.710. The summed E-state index contributed by atoms with van der Waals surface area (Å²) in [6.07, 6.45) is 0. The maximum absolute atomic E-state index is 12.3. The highest BCUT2D eigenvalue weighted by atomic mass is 19.1. The summed E-state index contributed by atoms with van der Waals surface area (Å²) in [6, 6.07) is 3.69. The molecule has 0 aliphatic heterocycles. The maximum Gasteiger partial charge on any atom is 0.343 e. The van der Waals surface area contributed by atoms with Crippen molar-refractivity contribution in [2.24, 2.45) is 5.73 Å². The van der Waals surface area contributed by atoms with E-state index in [2.05, 4.69) is 0 Å². The van der Waals surface area contributed by atoms with Gasteiger partial charge in [0.2, 0.25) is 0 Å². The fraction of sp³-hybridized carbons (Fsp3) is 0. The summed E-state index contributed by atoms with van der Waals surface area (Å²) in [6.45, 7) is 0. The third-order valence-electron chi connectivity index (χ3n) is 1.28. The lowest BCUT2D eigenvalue weighted by atomic mass is 10.3. The smallest absolute Gasteiger partial charge is 0.343 e. The number of benzene rings is 1. The number of carbonyl (C=O) groups excluding carboxylic acids is 1. The van der Waals surface area contributed by atoms with Gasteiger partial charge in [-0.1, -0.05) is 0 Å². The van der Waals surface area contributed by atoms with E-state index in [1.54, 1.807) is 0 Å². The average Bonchev–Trinajstić information content (AvgIpc) is 2.04. The molecule has 0 radical (unpaired) electrons. The van der Waals surface area contributed by atoms with Crippen LogP contribution in [0.1, 0.15) is 0 Å². The number of carbonyl (C=O) groups is 1. The third-order valence-corrected chi connectivity index (χ3v) is 1.28. The second-order valence-electron chi connectivity index (χ2n) is 2.13. The van der Waals surface area contributed by atoms with Crippen LogP contribution in [0.5, 0.6) is 0 Å². The van der Waals surface area contributed by atoms with E-state index in [4.69, 9.17) is 10.9 Å². The minimum absolute atomic E-state index is 0.129. The predicted octanol–water partition coefficient (Wildman–Crippen LogP) is 1.10. The van der Waals surface area contributed by atoms with Gasteiger partial charge in [-0.2, -0.15) is 5.06 Å². The summed E-state index contributed by atoms with van der Waals surface area (Å²) in [5.41, 5.74) is 4.88. The van der Waals surface area contributed by atoms with Crippen molar-refractivity contribution < 1.29 is 14.4 Å². The van der Waals surface area contributed by atoms with Crippen LogP contribution in [0, 0.1) is 5.82 Å². The van der Waals surface area contributed by atoms with E-state index >= 15 is 0 Å². The molecule has 12 heavy (non-hydrogen) atoms. The molecule has 0 spiro atoms. The number of anilines is 1. The van der Waals surface area contributed by atoms with Gasteiger partial charge in [0.15, 0.2) is 0 Å². The van der Waals surface area contributed by atoms with Crippen LogP contribution in [-0.4, -0.2) is 11.2 Å². The van der Waals surface area contributed by atoms with E-state index in [1.165, 1.54) is 12.1 Å². The first kappa shape index (κ1) is 8.48. The molecule has 0 aliphatic rings. The highest BCUT2D eigenvalue weighted by molar-refractivity contribution is 5.87. The van der Waals surface area contributed by atoms with Crippen molar-refractivity contribution in [2.75, 3.05) is 5.06 Å². The lowest BCUT2D eigenvalue weighted by Crippen LogP contribution is -2.32. The lowest BCUT2D eigenvalue weighted by Gasteiger charge is -2.10. The summed E-state index contributed by atoms with van der Waals surface area (Å²) < 4.78 is 12.3. The quantitative estimate of drug-likeness (QED) is 0.489. The lowest BCUT2D eigenvalue weighted by molar-refractivity contribution is 0.212. The Bertz CT molecular complexity index is 286. The summed E-state index contributed by atoms with van der Waals surface area (Å²) >= 11 is 0. The molecule has 0 saturated carbocycles. The number of primary amides is 1. The maximum atomic E-state index is 12.3. The number of hydroxylamine groups is 1. The van der Waals surface area contributed by atoms with Crippen LogP contribution in [-0.2, 0) is 0 Å². The van der Waals surface area contributed by atoms with Crippen molar-refractivity contribution in [2.45, 2.75) is 0 Å². The van der Waals surface area contributed by atoms with Gasteiger partial charge in [-0.05, 0) is 24.3 Å². The number of urea groups is 1. The molecule has 0 aromatic heterocycles. The number of halogens is 1. The van der Waals surface area contributed by atoms with Crippen molar-refractivity contribution in [1.82, 2.24) is 0 Å². The highest BCUT2D eigenvalue weighted by Crippen LogP contribution is 2.11. The average molecular weight is 170 g/mol. The minimum atomic E-state index is -1.01. The molecular weight excluding hydrogens is 163 g/mol. The van der Waals surface area contributed by atoms with Gasteiger partial charge >= 0.3 is 6.03 Å². The van der Waals surface area contributed by atoms with Gasteiger partial charge in [-0.15, -0.1) is 0 Å². The van der Waals surface area contributed by atoms with Crippen molar-refractivity contribution in [3.8, 4) is 0 Å². The molecule has 64 valence electrons. The standard InChI is InChI=1S/C7H7FN2O2/c8-5-1-3-6(4-2-5)10(12)7(9)11/h1-4,12H,(H2,9,11). The van der Waals surface area contributed by atoms with Crippen LogP contribution in [0.4, 0.5) is 14.9 Å². The number of amides is 2. The van der Waals surface area contributed by atoms with Crippen LogP contribution >= 0.6 is 0 Å². The Kier molecular flexibility index (Phi) is 2.25. The van der Waals surface area contributed by atoms with Gasteiger partial charge in [-0.3, -0.25) is 5.21 Å². The zero-order valence-corrected chi connectivity index (χ0v) is 6.07. The first-order valence-corrected chi connectivity index (χ1v) is 3.15. The van der Waals surface area contributed by atoms with Gasteiger partial charge in [-0.25, -0.2) is 9.18 Å². The molecule has 1 rings (SSSR count). The Morgan fingerprint density at radius 2 is 1.92 bits per heavy atom.